The van der Waals surface area contributed by atoms with E-state index < -0.39 is 0 Å². The second-order valence-electron chi connectivity index (χ2n) is 7.27. The summed E-state index contributed by atoms with van der Waals surface area (Å²) < 4.78 is 10.9. The third-order valence-corrected chi connectivity index (χ3v) is 6.19. The highest BCUT2D eigenvalue weighted by molar-refractivity contribution is 7.80. The summed E-state index contributed by atoms with van der Waals surface area (Å²) in [4.78, 5) is 25.9. The number of nitrogens with one attached hydrogen (secondary N) is 2. The molecule has 2 N–H and O–H groups in total. The predicted molar refractivity (Wildman–Crippen MR) is 123 cm³/mol. The van der Waals surface area contributed by atoms with E-state index in [0.29, 0.717) is 22.9 Å². The van der Waals surface area contributed by atoms with E-state index in [1.807, 2.05) is 24.3 Å². The number of thiophene rings is 1. The van der Waals surface area contributed by atoms with Gasteiger partial charge in [0, 0.05) is 4.88 Å². The van der Waals surface area contributed by atoms with Crippen LogP contribution < -0.4 is 15.4 Å². The second kappa shape index (κ2) is 10.0. The zero-order chi connectivity index (χ0) is 21.7. The summed E-state index contributed by atoms with van der Waals surface area (Å²) >= 11 is 6.78. The molecule has 30 heavy (non-hydrogen) atoms. The van der Waals surface area contributed by atoms with Crippen LogP contribution in [0.5, 0.6) is 5.75 Å². The quantitative estimate of drug-likeness (QED) is 0.484. The molecule has 160 valence electrons. The van der Waals surface area contributed by atoms with Crippen molar-refractivity contribution in [2.24, 2.45) is 0 Å². The van der Waals surface area contributed by atoms with Gasteiger partial charge in [-0.05, 0) is 61.5 Å². The van der Waals surface area contributed by atoms with E-state index in [1.165, 1.54) is 16.2 Å². The number of esters is 1. The molecule has 1 aliphatic carbocycles. The summed E-state index contributed by atoms with van der Waals surface area (Å²) in [5, 5.41) is 6.37. The minimum Gasteiger partial charge on any atom is -0.483 e. The number of thiocarbonyl (C=S) groups is 1. The minimum atomic E-state index is -0.368. The molecule has 3 rings (SSSR count). The molecule has 1 heterocycles. The standard InChI is InChI=1S/C22H26N2O4S2/c1-4-27-21(26)19-15-9-7-11-17(15)30-20(19)24-22(29)23-18(25)12-28-16-10-6-5-8-14(16)13(2)3/h5-6,8,10,13H,4,7,9,11-12H2,1-3H3,(H2,23,24,25,29). The van der Waals surface area contributed by atoms with Crippen LogP contribution in [0.25, 0.3) is 0 Å². The Balaban J connectivity index is 1.61. The van der Waals surface area contributed by atoms with E-state index in [2.05, 4.69) is 24.5 Å². The lowest BCUT2D eigenvalue weighted by molar-refractivity contribution is -0.121. The predicted octanol–water partition coefficient (Wildman–Crippen LogP) is 4.43. The first-order valence-corrected chi connectivity index (χ1v) is 11.3. The largest absolute Gasteiger partial charge is 0.483 e. The third-order valence-electron chi connectivity index (χ3n) is 4.78. The van der Waals surface area contributed by atoms with Crippen LogP contribution >= 0.6 is 23.6 Å². The number of carbonyl (C=O) groups excluding carboxylic acids is 2. The van der Waals surface area contributed by atoms with Crippen molar-refractivity contribution in [2.45, 2.75) is 46.0 Å². The fraction of sp³-hybridized carbons (Fsp3) is 0.409. The van der Waals surface area contributed by atoms with Crippen molar-refractivity contribution in [1.29, 1.82) is 0 Å². The van der Waals surface area contributed by atoms with Crippen LogP contribution in [0.1, 0.15) is 59.5 Å². The molecule has 0 atom stereocenters. The number of anilines is 1. The maximum absolute atomic E-state index is 12.4. The first kappa shape index (κ1) is 22.2. The summed E-state index contributed by atoms with van der Waals surface area (Å²) in [6.45, 7) is 6.07. The van der Waals surface area contributed by atoms with E-state index >= 15 is 0 Å². The Morgan fingerprint density at radius 1 is 1.23 bits per heavy atom. The highest BCUT2D eigenvalue weighted by atomic mass is 32.1. The normalized spacial score (nSPS) is 12.4. The van der Waals surface area contributed by atoms with Gasteiger partial charge in [0.05, 0.1) is 12.2 Å². The van der Waals surface area contributed by atoms with Gasteiger partial charge in [0.15, 0.2) is 11.7 Å². The van der Waals surface area contributed by atoms with Crippen molar-refractivity contribution in [3.63, 3.8) is 0 Å². The molecule has 0 radical (unpaired) electrons. The van der Waals surface area contributed by atoms with Crippen molar-refractivity contribution in [3.05, 3.63) is 45.8 Å². The Bertz CT molecular complexity index is 953. The van der Waals surface area contributed by atoms with Crippen LogP contribution in [0.2, 0.25) is 0 Å². The molecular weight excluding hydrogens is 420 g/mol. The molecule has 0 fully saturated rings. The van der Waals surface area contributed by atoms with E-state index in [1.54, 1.807) is 6.92 Å². The number of fused-ring (bicyclic) bond motifs is 1. The van der Waals surface area contributed by atoms with Crippen LogP contribution in [0.15, 0.2) is 24.3 Å². The van der Waals surface area contributed by atoms with Gasteiger partial charge in [0.1, 0.15) is 10.8 Å². The number of para-hydroxylation sites is 1. The molecule has 8 heteroatoms. The Morgan fingerprint density at radius 2 is 2.00 bits per heavy atom. The first-order chi connectivity index (χ1) is 14.4. The highest BCUT2D eigenvalue weighted by Gasteiger charge is 2.28. The van der Waals surface area contributed by atoms with Crippen molar-refractivity contribution in [2.75, 3.05) is 18.5 Å². The number of benzene rings is 1. The summed E-state index contributed by atoms with van der Waals surface area (Å²) in [5.41, 5.74) is 2.61. The molecule has 1 amide bonds. The van der Waals surface area contributed by atoms with Gasteiger partial charge in [-0.2, -0.15) is 0 Å². The molecule has 0 unspecified atom stereocenters. The van der Waals surface area contributed by atoms with Gasteiger partial charge in [0.2, 0.25) is 0 Å². The molecule has 0 saturated heterocycles. The summed E-state index contributed by atoms with van der Waals surface area (Å²) in [6, 6.07) is 7.65. The average molecular weight is 447 g/mol. The van der Waals surface area contributed by atoms with Crippen molar-refractivity contribution in [1.82, 2.24) is 5.32 Å². The molecule has 1 aliphatic rings. The Kier molecular flexibility index (Phi) is 7.44. The minimum absolute atomic E-state index is 0.131. The number of rotatable bonds is 7. The van der Waals surface area contributed by atoms with E-state index in [-0.39, 0.29) is 29.5 Å². The fourth-order valence-electron chi connectivity index (χ4n) is 3.44. The molecule has 1 aromatic carbocycles. The van der Waals surface area contributed by atoms with Gasteiger partial charge in [-0.25, -0.2) is 4.79 Å². The average Bonchev–Trinajstić information content (AvgIpc) is 3.27. The molecule has 0 saturated carbocycles. The van der Waals surface area contributed by atoms with Crippen molar-refractivity contribution >= 4 is 45.5 Å². The van der Waals surface area contributed by atoms with Crippen molar-refractivity contribution in [3.8, 4) is 5.75 Å². The van der Waals surface area contributed by atoms with Crippen molar-refractivity contribution < 1.29 is 19.1 Å². The van der Waals surface area contributed by atoms with Crippen LogP contribution in [-0.4, -0.2) is 30.2 Å². The van der Waals surface area contributed by atoms with E-state index in [9.17, 15) is 9.59 Å². The SMILES string of the molecule is CCOC(=O)c1c(NC(=S)NC(=O)COc2ccccc2C(C)C)sc2c1CCC2. The highest BCUT2D eigenvalue weighted by Crippen LogP contribution is 2.39. The maximum Gasteiger partial charge on any atom is 0.341 e. The third kappa shape index (κ3) is 5.17. The molecule has 1 aromatic heterocycles. The number of hydrogen-bond acceptors (Lipinski definition) is 6. The number of ether oxygens (including phenoxy) is 2. The summed E-state index contributed by atoms with van der Waals surface area (Å²) in [7, 11) is 0. The van der Waals surface area contributed by atoms with E-state index in [4.69, 9.17) is 21.7 Å². The zero-order valence-corrected chi connectivity index (χ0v) is 19.0. The Morgan fingerprint density at radius 3 is 2.73 bits per heavy atom. The van der Waals surface area contributed by atoms with Gasteiger partial charge < -0.3 is 14.8 Å². The number of amides is 1. The molecule has 0 aliphatic heterocycles. The molecule has 0 spiro atoms. The smallest absolute Gasteiger partial charge is 0.341 e. The lowest BCUT2D eigenvalue weighted by Gasteiger charge is -2.14. The maximum atomic E-state index is 12.4. The van der Waals surface area contributed by atoms with Crippen LogP contribution in [0, 0.1) is 0 Å². The second-order valence-corrected chi connectivity index (χ2v) is 8.78. The molecule has 6 nitrogen and oxygen atoms in total. The monoisotopic (exact) mass is 446 g/mol. The zero-order valence-electron chi connectivity index (χ0n) is 17.4. The van der Waals surface area contributed by atoms with Gasteiger partial charge in [0.25, 0.3) is 5.91 Å². The van der Waals surface area contributed by atoms with Gasteiger partial charge >= 0.3 is 5.97 Å². The first-order valence-electron chi connectivity index (χ1n) is 10.0. The van der Waals surface area contributed by atoms with Gasteiger partial charge in [-0.3, -0.25) is 10.1 Å². The van der Waals surface area contributed by atoms with Gasteiger partial charge in [-0.1, -0.05) is 32.0 Å². The lowest BCUT2D eigenvalue weighted by Crippen LogP contribution is -2.37. The van der Waals surface area contributed by atoms with Crippen LogP contribution in [-0.2, 0) is 22.4 Å². The molecule has 0 bridgehead atoms. The van der Waals surface area contributed by atoms with E-state index in [0.717, 1.165) is 30.4 Å². The van der Waals surface area contributed by atoms with Gasteiger partial charge in [-0.15, -0.1) is 11.3 Å². The topological polar surface area (TPSA) is 76.7 Å². The van der Waals surface area contributed by atoms with Crippen LogP contribution in [0.4, 0.5) is 5.00 Å². The molecule has 2 aromatic rings. The Hall–Kier alpha value is -2.45. The number of hydrogen-bond donors (Lipinski definition) is 2. The number of aryl methyl sites for hydroxylation is 1. The Labute approximate surface area is 186 Å². The lowest BCUT2D eigenvalue weighted by atomic mass is 10.0. The molecular formula is C22H26N2O4S2. The summed E-state index contributed by atoms with van der Waals surface area (Å²) in [5.74, 6) is 0.241. The number of carbonyl (C=O) groups is 2. The van der Waals surface area contributed by atoms with Crippen LogP contribution in [0.3, 0.4) is 0 Å². The summed E-state index contributed by atoms with van der Waals surface area (Å²) in [6.07, 6.45) is 2.82. The fourth-order valence-corrected chi connectivity index (χ4v) is 5.00.